The Balaban J connectivity index is 2.35. The van der Waals surface area contributed by atoms with Crippen LogP contribution in [-0.4, -0.2) is 4.43 Å². The fraction of sp³-hybridized carbons (Fsp3) is 0.400. The van der Waals surface area contributed by atoms with E-state index >= 15 is 0 Å². The zero-order chi connectivity index (χ0) is 8.55. The van der Waals surface area contributed by atoms with Gasteiger partial charge in [-0.1, -0.05) is 34.7 Å². The van der Waals surface area contributed by atoms with Crippen LogP contribution in [0.4, 0.5) is 0 Å². The molecule has 0 heterocycles. The van der Waals surface area contributed by atoms with Crippen molar-refractivity contribution in [2.24, 2.45) is 5.92 Å². The van der Waals surface area contributed by atoms with E-state index in [0.717, 1.165) is 22.8 Å². The van der Waals surface area contributed by atoms with Gasteiger partial charge in [-0.15, -0.1) is 0 Å². The highest BCUT2D eigenvalue weighted by Crippen LogP contribution is 2.33. The maximum Gasteiger partial charge on any atom is 0.182 e. The van der Waals surface area contributed by atoms with Crippen molar-refractivity contribution >= 4 is 22.6 Å². The summed E-state index contributed by atoms with van der Waals surface area (Å²) >= 11 is 2.40. The smallest absolute Gasteiger partial charge is 0.182 e. The number of rotatable bonds is 1. The molecule has 0 aromatic heterocycles. The van der Waals surface area contributed by atoms with Crippen molar-refractivity contribution in [1.82, 2.24) is 0 Å². The van der Waals surface area contributed by atoms with E-state index in [1.807, 2.05) is 6.07 Å². The lowest BCUT2D eigenvalue weighted by atomic mass is 10.1. The monoisotopic (exact) mass is 273 g/mol. The van der Waals surface area contributed by atoms with Gasteiger partial charge in [0, 0.05) is 9.99 Å². The Morgan fingerprint density at radius 1 is 1.42 bits per heavy atom. The zero-order valence-electron chi connectivity index (χ0n) is 6.72. The molecule has 2 rings (SSSR count). The normalized spacial score (nSPS) is 20.9. The Hall–Kier alpha value is -0.250. The number of benzene rings is 1. The minimum absolute atomic E-state index is 0.236. The molecule has 2 heteroatoms. The van der Waals surface area contributed by atoms with Crippen LogP contribution >= 0.6 is 22.6 Å². The van der Waals surface area contributed by atoms with E-state index in [9.17, 15) is 5.11 Å². The maximum absolute atomic E-state index is 11.4. The number of halogens is 1. The highest BCUT2D eigenvalue weighted by molar-refractivity contribution is 14.1. The predicted octanol–water partition coefficient (Wildman–Crippen LogP) is 2.98. The van der Waals surface area contributed by atoms with Crippen molar-refractivity contribution in [3.8, 4) is 5.75 Å². The van der Waals surface area contributed by atoms with Gasteiger partial charge in [-0.05, 0) is 30.4 Å². The van der Waals surface area contributed by atoms with Crippen LogP contribution in [0.2, 0.25) is 0 Å². The molecule has 0 bridgehead atoms. The van der Waals surface area contributed by atoms with Gasteiger partial charge in [0.25, 0.3) is 0 Å². The minimum atomic E-state index is 0.236. The molecule has 0 saturated heterocycles. The molecular weight excluding hydrogens is 263 g/mol. The maximum atomic E-state index is 11.4. The fourth-order valence-electron chi connectivity index (χ4n) is 1.81. The van der Waals surface area contributed by atoms with Gasteiger partial charge in [-0.25, -0.2) is 0 Å². The summed E-state index contributed by atoms with van der Waals surface area (Å²) in [6, 6.07) is 5.63. The van der Waals surface area contributed by atoms with Crippen LogP contribution in [-0.2, 0) is 17.9 Å². The van der Waals surface area contributed by atoms with E-state index in [0.29, 0.717) is 5.92 Å². The molecule has 1 radical (unpaired) electrons. The van der Waals surface area contributed by atoms with Gasteiger partial charge in [0.1, 0.15) is 0 Å². The van der Waals surface area contributed by atoms with Gasteiger partial charge in [-0.3, -0.25) is 5.11 Å². The van der Waals surface area contributed by atoms with Gasteiger partial charge in [0.05, 0.1) is 0 Å². The summed E-state index contributed by atoms with van der Waals surface area (Å²) in [6.45, 7) is 0. The Morgan fingerprint density at radius 3 is 2.92 bits per heavy atom. The molecule has 0 N–H and O–H groups in total. The number of hydrogen-bond donors (Lipinski definition) is 0. The van der Waals surface area contributed by atoms with Crippen molar-refractivity contribution in [3.05, 3.63) is 29.3 Å². The average molecular weight is 273 g/mol. The first-order valence-electron chi connectivity index (χ1n) is 4.15. The number of hydrogen-bond acceptors (Lipinski definition) is 0. The quantitative estimate of drug-likeness (QED) is 0.553. The number of fused-ring (bicyclic) bond motifs is 1. The van der Waals surface area contributed by atoms with Crippen molar-refractivity contribution in [3.63, 3.8) is 0 Å². The van der Waals surface area contributed by atoms with Gasteiger partial charge < -0.3 is 0 Å². The lowest BCUT2D eigenvalue weighted by molar-refractivity contribution is 0.349. The zero-order valence-corrected chi connectivity index (χ0v) is 8.87. The first kappa shape index (κ1) is 8.35. The SMILES string of the molecule is [O]c1cccc2c1CC(CI)C2. The summed E-state index contributed by atoms with van der Waals surface area (Å²) in [5.74, 6) is 0.940. The largest absolute Gasteiger partial charge is 0.290 e. The first-order chi connectivity index (χ1) is 5.81. The third-order valence-corrected chi connectivity index (χ3v) is 3.70. The molecule has 1 atom stereocenters. The Morgan fingerprint density at radius 2 is 2.25 bits per heavy atom. The summed E-state index contributed by atoms with van der Waals surface area (Å²) in [7, 11) is 0. The van der Waals surface area contributed by atoms with E-state index in [2.05, 4.69) is 28.7 Å². The summed E-state index contributed by atoms with van der Waals surface area (Å²) in [6.07, 6.45) is 2.10. The second-order valence-electron chi connectivity index (χ2n) is 3.32. The lowest BCUT2D eigenvalue weighted by Crippen LogP contribution is -1.99. The van der Waals surface area contributed by atoms with Crippen LogP contribution in [0, 0.1) is 5.92 Å². The Kier molecular flexibility index (Phi) is 2.26. The van der Waals surface area contributed by atoms with Crippen molar-refractivity contribution in [2.45, 2.75) is 12.8 Å². The van der Waals surface area contributed by atoms with Crippen LogP contribution in [0.3, 0.4) is 0 Å². The molecule has 1 aliphatic carbocycles. The van der Waals surface area contributed by atoms with Crippen molar-refractivity contribution in [1.29, 1.82) is 0 Å². The lowest BCUT2D eigenvalue weighted by Gasteiger charge is -2.00. The molecule has 0 aliphatic heterocycles. The summed E-state index contributed by atoms with van der Waals surface area (Å²) in [4.78, 5) is 0. The molecule has 0 saturated carbocycles. The predicted molar refractivity (Wildman–Crippen MR) is 56.4 cm³/mol. The third kappa shape index (κ3) is 1.32. The summed E-state index contributed by atoms with van der Waals surface area (Å²) in [5, 5.41) is 11.4. The number of alkyl halides is 1. The standard InChI is InChI=1S/C10H10IO/c11-6-7-4-8-2-1-3-10(12)9(8)5-7/h1-3,7H,4-6H2. The highest BCUT2D eigenvalue weighted by atomic mass is 127. The summed E-state index contributed by atoms with van der Waals surface area (Å²) < 4.78 is 1.16. The fourth-order valence-corrected chi connectivity index (χ4v) is 2.44. The molecule has 1 nitrogen and oxygen atoms in total. The second-order valence-corrected chi connectivity index (χ2v) is 4.20. The van der Waals surface area contributed by atoms with E-state index in [4.69, 9.17) is 0 Å². The van der Waals surface area contributed by atoms with Gasteiger partial charge in [0.2, 0.25) is 0 Å². The van der Waals surface area contributed by atoms with Gasteiger partial charge in [-0.2, -0.15) is 0 Å². The molecule has 1 aliphatic rings. The Labute approximate surface area is 85.9 Å². The minimum Gasteiger partial charge on any atom is -0.290 e. The van der Waals surface area contributed by atoms with Gasteiger partial charge in [0.15, 0.2) is 5.75 Å². The average Bonchev–Trinajstić information content (AvgIpc) is 2.49. The third-order valence-electron chi connectivity index (χ3n) is 2.45. The molecule has 1 unspecified atom stereocenters. The molecule has 0 amide bonds. The second kappa shape index (κ2) is 3.24. The first-order valence-corrected chi connectivity index (χ1v) is 5.67. The van der Waals surface area contributed by atoms with Crippen molar-refractivity contribution in [2.75, 3.05) is 4.43 Å². The van der Waals surface area contributed by atoms with Crippen LogP contribution in [0.5, 0.6) is 5.75 Å². The Bertz CT molecular complexity index is 296. The molecule has 1 aromatic carbocycles. The van der Waals surface area contributed by atoms with E-state index in [-0.39, 0.29) is 5.75 Å². The van der Waals surface area contributed by atoms with E-state index in [1.54, 1.807) is 6.07 Å². The van der Waals surface area contributed by atoms with E-state index in [1.165, 1.54) is 5.56 Å². The topological polar surface area (TPSA) is 19.9 Å². The molecule has 1 aromatic rings. The van der Waals surface area contributed by atoms with Crippen LogP contribution < -0.4 is 0 Å². The van der Waals surface area contributed by atoms with Crippen molar-refractivity contribution < 1.29 is 5.11 Å². The summed E-state index contributed by atoms with van der Waals surface area (Å²) in [5.41, 5.74) is 2.35. The van der Waals surface area contributed by atoms with Crippen LogP contribution in [0.25, 0.3) is 0 Å². The van der Waals surface area contributed by atoms with Crippen LogP contribution in [0.15, 0.2) is 18.2 Å². The molecular formula is C10H10IO. The molecule has 12 heavy (non-hydrogen) atoms. The van der Waals surface area contributed by atoms with E-state index < -0.39 is 0 Å². The molecule has 0 fully saturated rings. The molecule has 63 valence electrons. The highest BCUT2D eigenvalue weighted by Gasteiger charge is 2.23. The van der Waals surface area contributed by atoms with Crippen LogP contribution in [0.1, 0.15) is 11.1 Å². The van der Waals surface area contributed by atoms with Gasteiger partial charge >= 0.3 is 0 Å². The molecule has 0 spiro atoms.